The van der Waals surface area contributed by atoms with Crippen molar-refractivity contribution >= 4 is 22.7 Å². The van der Waals surface area contributed by atoms with Crippen LogP contribution in [0.1, 0.15) is 28.1 Å². The summed E-state index contributed by atoms with van der Waals surface area (Å²) >= 11 is 3.45. The van der Waals surface area contributed by atoms with Crippen LogP contribution in [0.15, 0.2) is 16.8 Å². The maximum Gasteiger partial charge on any atom is 0.106 e. The van der Waals surface area contributed by atoms with E-state index in [1.54, 1.807) is 11.3 Å². The van der Waals surface area contributed by atoms with Gasteiger partial charge >= 0.3 is 0 Å². The van der Waals surface area contributed by atoms with E-state index in [0.29, 0.717) is 6.54 Å². The summed E-state index contributed by atoms with van der Waals surface area (Å²) in [6, 6.07) is 2.21. The summed E-state index contributed by atoms with van der Waals surface area (Å²) in [5, 5.41) is 8.67. The second-order valence-electron chi connectivity index (χ2n) is 3.76. The highest BCUT2D eigenvalue weighted by Gasteiger charge is 2.03. The van der Waals surface area contributed by atoms with E-state index in [0.717, 1.165) is 30.2 Å². The molecule has 0 aromatic carbocycles. The second kappa shape index (κ2) is 6.26. The highest BCUT2D eigenvalue weighted by Crippen LogP contribution is 2.17. The van der Waals surface area contributed by atoms with E-state index in [9.17, 15) is 0 Å². The molecule has 3 nitrogen and oxygen atoms in total. The zero-order valence-corrected chi connectivity index (χ0v) is 11.5. The predicted octanol–water partition coefficient (Wildman–Crippen LogP) is 2.52. The third-order valence-electron chi connectivity index (χ3n) is 2.58. The number of nitrogens with one attached hydrogen (secondary N) is 1. The molecule has 0 aliphatic heterocycles. The van der Waals surface area contributed by atoms with Gasteiger partial charge in [0, 0.05) is 29.9 Å². The lowest BCUT2D eigenvalue weighted by Crippen LogP contribution is -2.13. The molecule has 0 unspecified atom stereocenters. The number of nitrogens with two attached hydrogens (primary N) is 1. The first-order valence-corrected chi connectivity index (χ1v) is 7.48. The minimum Gasteiger partial charge on any atom is -0.325 e. The van der Waals surface area contributed by atoms with Crippen LogP contribution in [0.2, 0.25) is 0 Å². The fourth-order valence-electron chi connectivity index (χ4n) is 1.67. The van der Waals surface area contributed by atoms with Crippen LogP contribution >= 0.6 is 22.7 Å². The van der Waals surface area contributed by atoms with Crippen molar-refractivity contribution in [3.8, 4) is 0 Å². The Balaban J connectivity index is 1.83. The minimum atomic E-state index is 0.537. The molecular weight excluding hydrogens is 250 g/mol. The molecule has 0 radical (unpaired) electrons. The molecule has 17 heavy (non-hydrogen) atoms. The van der Waals surface area contributed by atoms with Gasteiger partial charge < -0.3 is 11.1 Å². The number of nitrogens with zero attached hydrogens (tertiary/aromatic N) is 1. The van der Waals surface area contributed by atoms with E-state index < -0.39 is 0 Å². The molecule has 0 amide bonds. The summed E-state index contributed by atoms with van der Waals surface area (Å²) in [5.41, 5.74) is 8.07. The maximum atomic E-state index is 5.54. The molecule has 0 saturated carbocycles. The molecule has 2 aromatic heterocycles. The Hall–Kier alpha value is -0.750. The zero-order chi connectivity index (χ0) is 12.1. The molecule has 0 bridgehead atoms. The van der Waals surface area contributed by atoms with Crippen molar-refractivity contribution in [2.75, 3.05) is 0 Å². The number of thiazole rings is 1. The lowest BCUT2D eigenvalue weighted by Gasteiger charge is -2.03. The standard InChI is InChI=1S/C12H17N3S2/c1-2-9-3-4-16-11(9)7-14-6-10-8-17-12(5-13)15-10/h3-4,8,14H,2,5-7,13H2,1H3. The minimum absolute atomic E-state index is 0.537. The van der Waals surface area contributed by atoms with Gasteiger partial charge in [0.2, 0.25) is 0 Å². The van der Waals surface area contributed by atoms with Crippen LogP contribution in [-0.2, 0) is 26.1 Å². The Morgan fingerprint density at radius 1 is 1.35 bits per heavy atom. The first-order chi connectivity index (χ1) is 8.33. The number of rotatable bonds is 6. The Morgan fingerprint density at radius 3 is 2.94 bits per heavy atom. The number of thiophene rings is 1. The van der Waals surface area contributed by atoms with Crippen molar-refractivity contribution in [2.24, 2.45) is 5.73 Å². The van der Waals surface area contributed by atoms with E-state index in [1.165, 1.54) is 10.4 Å². The van der Waals surface area contributed by atoms with Gasteiger partial charge in [-0.25, -0.2) is 4.98 Å². The summed E-state index contributed by atoms with van der Waals surface area (Å²) in [4.78, 5) is 5.86. The molecule has 0 spiro atoms. The van der Waals surface area contributed by atoms with Crippen molar-refractivity contribution < 1.29 is 0 Å². The van der Waals surface area contributed by atoms with Crippen molar-refractivity contribution in [2.45, 2.75) is 33.0 Å². The van der Waals surface area contributed by atoms with Crippen LogP contribution in [0.5, 0.6) is 0 Å². The molecule has 2 rings (SSSR count). The molecule has 92 valence electrons. The number of aromatic nitrogens is 1. The second-order valence-corrected chi connectivity index (χ2v) is 5.71. The molecular formula is C12H17N3S2. The molecule has 0 fully saturated rings. The summed E-state index contributed by atoms with van der Waals surface area (Å²) in [6.45, 7) is 4.48. The quantitative estimate of drug-likeness (QED) is 0.845. The van der Waals surface area contributed by atoms with Crippen LogP contribution in [-0.4, -0.2) is 4.98 Å². The summed E-state index contributed by atoms with van der Waals surface area (Å²) < 4.78 is 0. The van der Waals surface area contributed by atoms with E-state index in [1.807, 2.05) is 11.3 Å². The Bertz CT molecular complexity index is 462. The summed E-state index contributed by atoms with van der Waals surface area (Å²) in [7, 11) is 0. The molecule has 2 heterocycles. The first-order valence-electron chi connectivity index (χ1n) is 5.72. The van der Waals surface area contributed by atoms with Crippen molar-refractivity contribution in [3.05, 3.63) is 38.0 Å². The highest BCUT2D eigenvalue weighted by atomic mass is 32.1. The first kappa shape index (κ1) is 12.7. The molecule has 2 aromatic rings. The fraction of sp³-hybridized carbons (Fsp3) is 0.417. The van der Waals surface area contributed by atoms with Crippen molar-refractivity contribution in [3.63, 3.8) is 0 Å². The topological polar surface area (TPSA) is 50.9 Å². The summed E-state index contributed by atoms with van der Waals surface area (Å²) in [6.07, 6.45) is 1.11. The highest BCUT2D eigenvalue weighted by molar-refractivity contribution is 7.10. The Labute approximate surface area is 110 Å². The lowest BCUT2D eigenvalue weighted by molar-refractivity contribution is 0.684. The fourth-order valence-corrected chi connectivity index (χ4v) is 3.29. The van der Waals surface area contributed by atoms with Crippen LogP contribution < -0.4 is 11.1 Å². The molecule has 0 saturated heterocycles. The van der Waals surface area contributed by atoms with E-state index in [-0.39, 0.29) is 0 Å². The van der Waals surface area contributed by atoms with E-state index in [2.05, 4.69) is 34.1 Å². The number of aryl methyl sites for hydroxylation is 1. The van der Waals surface area contributed by atoms with Gasteiger partial charge in [-0.15, -0.1) is 22.7 Å². The van der Waals surface area contributed by atoms with Gasteiger partial charge in [0.1, 0.15) is 5.01 Å². The molecule has 0 atom stereocenters. The van der Waals surface area contributed by atoms with Crippen molar-refractivity contribution in [1.82, 2.24) is 10.3 Å². The van der Waals surface area contributed by atoms with E-state index in [4.69, 9.17) is 5.73 Å². The van der Waals surface area contributed by atoms with Gasteiger partial charge in [-0.2, -0.15) is 0 Å². The van der Waals surface area contributed by atoms with Crippen LogP contribution in [0.25, 0.3) is 0 Å². The third-order valence-corrected chi connectivity index (χ3v) is 4.47. The largest absolute Gasteiger partial charge is 0.325 e. The number of hydrogen-bond donors (Lipinski definition) is 2. The Morgan fingerprint density at radius 2 is 2.24 bits per heavy atom. The van der Waals surface area contributed by atoms with Gasteiger partial charge in [0.05, 0.1) is 5.69 Å². The maximum absolute atomic E-state index is 5.54. The molecule has 0 aliphatic rings. The van der Waals surface area contributed by atoms with Crippen LogP contribution in [0.4, 0.5) is 0 Å². The molecule has 0 aliphatic carbocycles. The van der Waals surface area contributed by atoms with Gasteiger partial charge in [0.25, 0.3) is 0 Å². The smallest absolute Gasteiger partial charge is 0.106 e. The normalized spacial score (nSPS) is 10.9. The Kier molecular flexibility index (Phi) is 4.67. The van der Waals surface area contributed by atoms with Crippen molar-refractivity contribution in [1.29, 1.82) is 0 Å². The molecule has 3 N–H and O–H groups in total. The van der Waals surface area contributed by atoms with Gasteiger partial charge in [0.15, 0.2) is 0 Å². The number of hydrogen-bond acceptors (Lipinski definition) is 5. The van der Waals surface area contributed by atoms with Crippen LogP contribution in [0, 0.1) is 0 Å². The zero-order valence-electron chi connectivity index (χ0n) is 9.90. The predicted molar refractivity (Wildman–Crippen MR) is 74.2 cm³/mol. The average Bonchev–Trinajstić information content (AvgIpc) is 2.97. The van der Waals surface area contributed by atoms with Crippen LogP contribution in [0.3, 0.4) is 0 Å². The average molecular weight is 267 g/mol. The third kappa shape index (κ3) is 3.35. The van der Waals surface area contributed by atoms with Gasteiger partial charge in [-0.05, 0) is 23.4 Å². The SMILES string of the molecule is CCc1ccsc1CNCc1csc(CN)n1. The van der Waals surface area contributed by atoms with Gasteiger partial charge in [-0.3, -0.25) is 0 Å². The van der Waals surface area contributed by atoms with E-state index >= 15 is 0 Å². The summed E-state index contributed by atoms with van der Waals surface area (Å²) in [5.74, 6) is 0. The monoisotopic (exact) mass is 267 g/mol. The van der Waals surface area contributed by atoms with Gasteiger partial charge in [-0.1, -0.05) is 6.92 Å². The molecule has 5 heteroatoms. The lowest BCUT2D eigenvalue weighted by atomic mass is 10.2.